The molecule has 15 heavy (non-hydrogen) atoms. The molecule has 0 saturated carbocycles. The van der Waals surface area contributed by atoms with Gasteiger partial charge in [0.25, 0.3) is 5.69 Å². The van der Waals surface area contributed by atoms with E-state index < -0.39 is 4.92 Å². The molecule has 78 valence electrons. The summed E-state index contributed by atoms with van der Waals surface area (Å²) in [4.78, 5) is 10.0. The van der Waals surface area contributed by atoms with E-state index in [0.29, 0.717) is 5.88 Å². The molecule has 0 saturated heterocycles. The number of benzene rings is 1. The highest BCUT2D eigenvalue weighted by molar-refractivity contribution is 8.02. The molecule has 5 nitrogen and oxygen atoms in total. The average Bonchev–Trinajstić information content (AvgIpc) is 2.65. The molecule has 0 bridgehead atoms. The molecule has 2 N–H and O–H groups in total. The summed E-state index contributed by atoms with van der Waals surface area (Å²) in [6.07, 6.45) is 0. The first-order valence-electron chi connectivity index (χ1n) is 4.27. The maximum Gasteiger partial charge on any atom is 0.269 e. The summed E-state index contributed by atoms with van der Waals surface area (Å²) in [5.74, 6) is 6.43. The summed E-state index contributed by atoms with van der Waals surface area (Å²) in [7, 11) is 0. The largest absolute Gasteiger partial charge is 0.300 e. The Hall–Kier alpha value is -1.53. The molecule has 0 aliphatic carbocycles. The predicted molar refractivity (Wildman–Crippen MR) is 59.6 cm³/mol. The zero-order valence-corrected chi connectivity index (χ0v) is 8.61. The van der Waals surface area contributed by atoms with Gasteiger partial charge in [0.1, 0.15) is 0 Å². The van der Waals surface area contributed by atoms with Gasteiger partial charge in [-0.05, 0) is 17.5 Å². The predicted octanol–water partition coefficient (Wildman–Crippen LogP) is 1.77. The second-order valence-electron chi connectivity index (χ2n) is 3.07. The lowest BCUT2D eigenvalue weighted by molar-refractivity contribution is -0.384. The second kappa shape index (κ2) is 3.92. The quantitative estimate of drug-likeness (QED) is 0.470. The zero-order valence-electron chi connectivity index (χ0n) is 7.79. The fourth-order valence-electron chi connectivity index (χ4n) is 1.32. The molecule has 0 amide bonds. The van der Waals surface area contributed by atoms with Crippen LogP contribution in [-0.2, 0) is 0 Å². The lowest BCUT2D eigenvalue weighted by Crippen LogP contribution is -2.25. The second-order valence-corrected chi connectivity index (χ2v) is 3.90. The van der Waals surface area contributed by atoms with Gasteiger partial charge in [0.05, 0.1) is 16.5 Å². The number of hydrazine groups is 1. The molecule has 0 unspecified atom stereocenters. The van der Waals surface area contributed by atoms with E-state index in [1.807, 2.05) is 5.41 Å². The van der Waals surface area contributed by atoms with Crippen molar-refractivity contribution >= 4 is 23.1 Å². The standard InChI is InChI=1S/C9H9N3O2S/c10-11-6-15-5-9(11)7-1-3-8(4-2-7)12(13)14/h1-5H,6,10H2. The van der Waals surface area contributed by atoms with Crippen LogP contribution in [0.2, 0.25) is 0 Å². The van der Waals surface area contributed by atoms with Gasteiger partial charge in [0.15, 0.2) is 0 Å². The summed E-state index contributed by atoms with van der Waals surface area (Å²) in [5.41, 5.74) is 1.89. The smallest absolute Gasteiger partial charge is 0.269 e. The lowest BCUT2D eigenvalue weighted by atomic mass is 10.1. The van der Waals surface area contributed by atoms with Crippen LogP contribution < -0.4 is 5.84 Å². The van der Waals surface area contributed by atoms with Gasteiger partial charge in [-0.1, -0.05) is 0 Å². The highest BCUT2D eigenvalue weighted by Crippen LogP contribution is 2.28. The Labute approximate surface area is 90.7 Å². The van der Waals surface area contributed by atoms with Gasteiger partial charge in [-0.25, -0.2) is 5.84 Å². The Kier molecular flexibility index (Phi) is 2.61. The molecule has 1 aromatic rings. The summed E-state index contributed by atoms with van der Waals surface area (Å²) in [6.45, 7) is 0. The molecule has 0 fully saturated rings. The van der Waals surface area contributed by atoms with Crippen molar-refractivity contribution in [1.82, 2.24) is 5.01 Å². The van der Waals surface area contributed by atoms with Crippen molar-refractivity contribution in [2.45, 2.75) is 0 Å². The van der Waals surface area contributed by atoms with E-state index in [2.05, 4.69) is 0 Å². The monoisotopic (exact) mass is 223 g/mol. The van der Waals surface area contributed by atoms with Crippen molar-refractivity contribution in [2.75, 3.05) is 5.88 Å². The van der Waals surface area contributed by atoms with Crippen molar-refractivity contribution in [3.05, 3.63) is 45.4 Å². The Morgan fingerprint density at radius 2 is 2.07 bits per heavy atom. The minimum atomic E-state index is -0.415. The Morgan fingerprint density at radius 3 is 2.53 bits per heavy atom. The van der Waals surface area contributed by atoms with Crippen molar-refractivity contribution in [3.63, 3.8) is 0 Å². The van der Waals surface area contributed by atoms with E-state index in [1.54, 1.807) is 28.9 Å². The molecule has 2 rings (SSSR count). The number of nitro groups is 1. The van der Waals surface area contributed by atoms with Crippen LogP contribution in [0.15, 0.2) is 29.7 Å². The normalized spacial score (nSPS) is 15.3. The van der Waals surface area contributed by atoms with Crippen molar-refractivity contribution in [1.29, 1.82) is 0 Å². The maximum atomic E-state index is 10.4. The lowest BCUT2D eigenvalue weighted by Gasteiger charge is -2.14. The van der Waals surface area contributed by atoms with Crippen LogP contribution in [0.1, 0.15) is 5.56 Å². The molecule has 1 heterocycles. The van der Waals surface area contributed by atoms with Crippen LogP contribution in [0.4, 0.5) is 5.69 Å². The molecule has 1 aromatic carbocycles. The Morgan fingerprint density at radius 1 is 1.40 bits per heavy atom. The maximum absolute atomic E-state index is 10.4. The topological polar surface area (TPSA) is 72.4 Å². The summed E-state index contributed by atoms with van der Waals surface area (Å²) in [5, 5.41) is 14.0. The van der Waals surface area contributed by atoms with Crippen molar-refractivity contribution in [3.8, 4) is 0 Å². The van der Waals surface area contributed by atoms with E-state index in [-0.39, 0.29) is 5.69 Å². The SMILES string of the molecule is NN1CSC=C1c1ccc([N+](=O)[O-])cc1. The summed E-state index contributed by atoms with van der Waals surface area (Å²) < 4.78 is 0. The summed E-state index contributed by atoms with van der Waals surface area (Å²) >= 11 is 1.60. The highest BCUT2D eigenvalue weighted by atomic mass is 32.2. The molecule has 0 atom stereocenters. The van der Waals surface area contributed by atoms with E-state index >= 15 is 0 Å². The third-order valence-electron chi connectivity index (χ3n) is 2.09. The number of rotatable bonds is 2. The molecular formula is C9H9N3O2S. The van der Waals surface area contributed by atoms with Gasteiger partial charge in [0, 0.05) is 17.7 Å². The fraction of sp³-hybridized carbons (Fsp3) is 0.111. The number of hydrogen-bond donors (Lipinski definition) is 1. The molecule has 6 heteroatoms. The molecule has 0 aromatic heterocycles. The van der Waals surface area contributed by atoms with Gasteiger partial charge in [-0.2, -0.15) is 0 Å². The first-order chi connectivity index (χ1) is 7.18. The molecule has 0 radical (unpaired) electrons. The zero-order chi connectivity index (χ0) is 10.8. The fourth-order valence-corrected chi connectivity index (χ4v) is 2.13. The minimum absolute atomic E-state index is 0.0913. The van der Waals surface area contributed by atoms with Crippen LogP contribution in [0.25, 0.3) is 5.70 Å². The third-order valence-corrected chi connectivity index (χ3v) is 2.91. The van der Waals surface area contributed by atoms with E-state index in [9.17, 15) is 10.1 Å². The van der Waals surface area contributed by atoms with Gasteiger partial charge in [-0.3, -0.25) is 15.1 Å². The van der Waals surface area contributed by atoms with Crippen molar-refractivity contribution < 1.29 is 4.92 Å². The van der Waals surface area contributed by atoms with Crippen LogP contribution >= 0.6 is 11.8 Å². The van der Waals surface area contributed by atoms with Gasteiger partial charge >= 0.3 is 0 Å². The van der Waals surface area contributed by atoms with Crippen LogP contribution in [-0.4, -0.2) is 15.8 Å². The van der Waals surface area contributed by atoms with Gasteiger partial charge in [0.2, 0.25) is 0 Å². The number of thioether (sulfide) groups is 1. The summed E-state index contributed by atoms with van der Waals surface area (Å²) in [6, 6.07) is 6.37. The van der Waals surface area contributed by atoms with Crippen LogP contribution in [0, 0.1) is 10.1 Å². The number of hydrogen-bond acceptors (Lipinski definition) is 5. The Balaban J connectivity index is 2.27. The van der Waals surface area contributed by atoms with E-state index in [4.69, 9.17) is 5.84 Å². The van der Waals surface area contributed by atoms with Gasteiger partial charge < -0.3 is 0 Å². The first-order valence-corrected chi connectivity index (χ1v) is 5.32. The molecule has 0 spiro atoms. The molecule has 1 aliphatic rings. The van der Waals surface area contributed by atoms with Crippen LogP contribution in [0.3, 0.4) is 0 Å². The minimum Gasteiger partial charge on any atom is -0.300 e. The number of nitrogens with zero attached hydrogens (tertiary/aromatic N) is 2. The third kappa shape index (κ3) is 1.95. The number of nitrogens with two attached hydrogens (primary N) is 1. The number of nitro benzene ring substituents is 1. The first kappa shape index (κ1) is 10.0. The molecule has 1 aliphatic heterocycles. The van der Waals surface area contributed by atoms with Gasteiger partial charge in [-0.15, -0.1) is 11.8 Å². The van der Waals surface area contributed by atoms with Crippen LogP contribution in [0.5, 0.6) is 0 Å². The molecular weight excluding hydrogens is 214 g/mol. The van der Waals surface area contributed by atoms with Crippen molar-refractivity contribution in [2.24, 2.45) is 5.84 Å². The Bertz CT molecular complexity index is 416. The van der Waals surface area contributed by atoms with E-state index in [0.717, 1.165) is 11.3 Å². The van der Waals surface area contributed by atoms with E-state index in [1.165, 1.54) is 12.1 Å². The average molecular weight is 223 g/mol. The highest BCUT2D eigenvalue weighted by Gasteiger charge is 2.14. The number of non-ortho nitro benzene ring substituents is 1.